The van der Waals surface area contributed by atoms with E-state index in [1.807, 2.05) is 32.9 Å². The SMILES string of the molecule is Cc1ccc(NCc2cc(CCO)cc(OC(C)C)c2OCC(=O)O)c(C(=O)Nc2ccc(C(=N)N)cc2)c1. The highest BCUT2D eigenvalue weighted by Gasteiger charge is 2.18. The number of carboxylic acid groups (broad SMARTS) is 1. The molecule has 0 spiro atoms. The maximum Gasteiger partial charge on any atom is 0.341 e. The standard InChI is InChI=1S/C29H34N4O6/c1-17(2)39-25-14-19(10-11-34)13-21(27(25)38-16-26(35)36)15-32-24-9-4-18(3)12-23(24)29(37)33-22-7-5-20(6-8-22)28(30)31/h4-9,12-14,17,32,34H,10-11,15-16H2,1-3H3,(H3,30,31)(H,33,37)(H,35,36). The summed E-state index contributed by atoms with van der Waals surface area (Å²) in [6.45, 7) is 5.15. The number of anilines is 2. The van der Waals surface area contributed by atoms with E-state index in [9.17, 15) is 19.8 Å². The Morgan fingerprint density at radius 2 is 1.79 bits per heavy atom. The van der Waals surface area contributed by atoms with Crippen molar-refractivity contribution in [1.82, 2.24) is 0 Å². The number of carbonyl (C=O) groups excluding carboxylic acids is 1. The van der Waals surface area contributed by atoms with Gasteiger partial charge in [0.05, 0.1) is 11.7 Å². The third kappa shape index (κ3) is 8.21. The number of ether oxygens (including phenoxy) is 2. The lowest BCUT2D eigenvalue weighted by atomic mass is 10.0. The fourth-order valence-corrected chi connectivity index (χ4v) is 3.89. The summed E-state index contributed by atoms with van der Waals surface area (Å²) in [7, 11) is 0. The zero-order chi connectivity index (χ0) is 28.5. The molecule has 0 unspecified atom stereocenters. The minimum Gasteiger partial charge on any atom is -0.487 e. The first-order valence-corrected chi connectivity index (χ1v) is 12.5. The van der Waals surface area contributed by atoms with Crippen LogP contribution in [0.5, 0.6) is 11.5 Å². The van der Waals surface area contributed by atoms with Crippen LogP contribution in [-0.4, -0.2) is 47.2 Å². The van der Waals surface area contributed by atoms with Crippen molar-refractivity contribution in [3.05, 3.63) is 82.4 Å². The molecule has 0 fully saturated rings. The van der Waals surface area contributed by atoms with E-state index in [4.69, 9.17) is 20.6 Å². The number of amidine groups is 1. The number of rotatable bonds is 13. The third-order valence-electron chi connectivity index (χ3n) is 5.64. The van der Waals surface area contributed by atoms with Crippen LogP contribution < -0.4 is 25.8 Å². The van der Waals surface area contributed by atoms with Crippen LogP contribution in [-0.2, 0) is 17.8 Å². The highest BCUT2D eigenvalue weighted by atomic mass is 16.5. The van der Waals surface area contributed by atoms with Gasteiger partial charge < -0.3 is 36.1 Å². The van der Waals surface area contributed by atoms with Crippen molar-refractivity contribution in [3.8, 4) is 11.5 Å². The molecule has 7 N–H and O–H groups in total. The molecule has 3 aromatic carbocycles. The molecule has 39 heavy (non-hydrogen) atoms. The quantitative estimate of drug-likeness (QED) is 0.142. The predicted molar refractivity (Wildman–Crippen MR) is 150 cm³/mol. The number of nitrogens with two attached hydrogens (primary N) is 1. The monoisotopic (exact) mass is 534 g/mol. The molecule has 0 saturated carbocycles. The lowest BCUT2D eigenvalue weighted by molar-refractivity contribution is -0.139. The van der Waals surface area contributed by atoms with Gasteiger partial charge in [0.2, 0.25) is 0 Å². The van der Waals surface area contributed by atoms with Gasteiger partial charge in [-0.2, -0.15) is 0 Å². The lowest BCUT2D eigenvalue weighted by Gasteiger charge is -2.20. The first-order chi connectivity index (χ1) is 18.6. The van der Waals surface area contributed by atoms with E-state index in [1.54, 1.807) is 42.5 Å². The molecule has 0 aliphatic carbocycles. The molecular formula is C29H34N4O6. The topological polar surface area (TPSA) is 167 Å². The number of amides is 1. The molecule has 0 atom stereocenters. The maximum atomic E-state index is 13.2. The number of benzene rings is 3. The number of hydrogen-bond acceptors (Lipinski definition) is 7. The summed E-state index contributed by atoms with van der Waals surface area (Å²) in [6, 6.07) is 15.6. The zero-order valence-electron chi connectivity index (χ0n) is 22.2. The van der Waals surface area contributed by atoms with E-state index >= 15 is 0 Å². The Morgan fingerprint density at radius 1 is 1.08 bits per heavy atom. The Morgan fingerprint density at radius 3 is 2.41 bits per heavy atom. The predicted octanol–water partition coefficient (Wildman–Crippen LogP) is 3.93. The van der Waals surface area contributed by atoms with Crippen LogP contribution in [0.3, 0.4) is 0 Å². The highest BCUT2D eigenvalue weighted by Crippen LogP contribution is 2.35. The molecule has 3 aromatic rings. The molecule has 10 nitrogen and oxygen atoms in total. The third-order valence-corrected chi connectivity index (χ3v) is 5.64. The number of aliphatic hydroxyl groups excluding tert-OH is 1. The number of carboxylic acids is 1. The molecule has 1 amide bonds. The fraction of sp³-hybridized carbons (Fsp3) is 0.276. The van der Waals surface area contributed by atoms with Gasteiger partial charge >= 0.3 is 5.97 Å². The summed E-state index contributed by atoms with van der Waals surface area (Å²) in [5.74, 6) is -0.863. The Labute approximate surface area is 227 Å². The Kier molecular flexibility index (Phi) is 9.88. The van der Waals surface area contributed by atoms with E-state index in [0.29, 0.717) is 40.2 Å². The summed E-state index contributed by atoms with van der Waals surface area (Å²) >= 11 is 0. The Bertz CT molecular complexity index is 1340. The minimum absolute atomic E-state index is 0.0604. The van der Waals surface area contributed by atoms with Gasteiger partial charge in [0.1, 0.15) is 5.84 Å². The second-order valence-corrected chi connectivity index (χ2v) is 9.25. The number of aliphatic hydroxyl groups is 1. The molecule has 206 valence electrons. The average Bonchev–Trinajstić information content (AvgIpc) is 2.87. The van der Waals surface area contributed by atoms with Gasteiger partial charge in [0, 0.05) is 35.7 Å². The van der Waals surface area contributed by atoms with Gasteiger partial charge in [-0.15, -0.1) is 0 Å². The van der Waals surface area contributed by atoms with Crippen LogP contribution in [0.1, 0.15) is 46.5 Å². The highest BCUT2D eigenvalue weighted by molar-refractivity contribution is 6.08. The summed E-state index contributed by atoms with van der Waals surface area (Å²) in [6.07, 6.45) is 0.181. The molecule has 0 heterocycles. The number of nitrogen functional groups attached to an aromatic ring is 1. The van der Waals surface area contributed by atoms with E-state index in [0.717, 1.165) is 11.1 Å². The van der Waals surface area contributed by atoms with E-state index in [2.05, 4.69) is 10.6 Å². The number of carbonyl (C=O) groups is 2. The number of aliphatic carboxylic acids is 1. The lowest BCUT2D eigenvalue weighted by Crippen LogP contribution is -2.17. The Hall–Kier alpha value is -4.57. The van der Waals surface area contributed by atoms with Crippen LogP contribution in [0.15, 0.2) is 54.6 Å². The summed E-state index contributed by atoms with van der Waals surface area (Å²) < 4.78 is 11.5. The van der Waals surface area contributed by atoms with Gasteiger partial charge in [-0.05, 0) is 81.3 Å². The maximum absolute atomic E-state index is 13.2. The summed E-state index contributed by atoms with van der Waals surface area (Å²) in [5, 5.41) is 32.4. The fourth-order valence-electron chi connectivity index (χ4n) is 3.89. The van der Waals surface area contributed by atoms with Crippen LogP contribution in [0.4, 0.5) is 11.4 Å². The summed E-state index contributed by atoms with van der Waals surface area (Å²) in [4.78, 5) is 24.5. The largest absolute Gasteiger partial charge is 0.487 e. The molecule has 0 aromatic heterocycles. The van der Waals surface area contributed by atoms with Gasteiger partial charge in [0.15, 0.2) is 18.1 Å². The number of hydrogen-bond donors (Lipinski definition) is 6. The molecule has 3 rings (SSSR count). The second kappa shape index (κ2) is 13.3. The number of nitrogens with one attached hydrogen (secondary N) is 3. The van der Waals surface area contributed by atoms with Crippen molar-refractivity contribution in [2.45, 2.75) is 39.8 Å². The van der Waals surface area contributed by atoms with Crippen molar-refractivity contribution in [2.24, 2.45) is 5.73 Å². The first-order valence-electron chi connectivity index (χ1n) is 12.5. The van der Waals surface area contributed by atoms with E-state index < -0.39 is 12.6 Å². The molecule has 0 radical (unpaired) electrons. The van der Waals surface area contributed by atoms with Crippen molar-refractivity contribution in [3.63, 3.8) is 0 Å². The smallest absolute Gasteiger partial charge is 0.341 e. The first kappa shape index (κ1) is 29.0. The second-order valence-electron chi connectivity index (χ2n) is 9.25. The van der Waals surface area contributed by atoms with Crippen LogP contribution in [0.25, 0.3) is 0 Å². The van der Waals surface area contributed by atoms with E-state index in [1.165, 1.54) is 0 Å². The van der Waals surface area contributed by atoms with Crippen molar-refractivity contribution in [1.29, 1.82) is 5.41 Å². The molecule has 0 saturated heterocycles. The van der Waals surface area contributed by atoms with Gasteiger partial charge in [-0.1, -0.05) is 11.6 Å². The van der Waals surface area contributed by atoms with E-state index in [-0.39, 0.29) is 36.7 Å². The van der Waals surface area contributed by atoms with Crippen LogP contribution in [0.2, 0.25) is 0 Å². The zero-order valence-corrected chi connectivity index (χ0v) is 22.2. The van der Waals surface area contributed by atoms with Crippen LogP contribution in [0, 0.1) is 12.3 Å². The average molecular weight is 535 g/mol. The molecule has 0 bridgehead atoms. The molecular weight excluding hydrogens is 500 g/mol. The minimum atomic E-state index is -1.13. The molecule has 0 aliphatic heterocycles. The summed E-state index contributed by atoms with van der Waals surface area (Å²) in [5.41, 5.74) is 9.87. The molecule has 0 aliphatic rings. The van der Waals surface area contributed by atoms with Gasteiger partial charge in [-0.25, -0.2) is 4.79 Å². The Balaban J connectivity index is 1.91. The van der Waals surface area contributed by atoms with Crippen molar-refractivity contribution in [2.75, 3.05) is 23.8 Å². The van der Waals surface area contributed by atoms with Crippen LogP contribution >= 0.6 is 0 Å². The van der Waals surface area contributed by atoms with Gasteiger partial charge in [-0.3, -0.25) is 10.2 Å². The van der Waals surface area contributed by atoms with Crippen molar-refractivity contribution < 1.29 is 29.3 Å². The molecule has 10 heteroatoms. The van der Waals surface area contributed by atoms with Crippen molar-refractivity contribution >= 4 is 29.1 Å². The number of aryl methyl sites for hydroxylation is 1. The normalized spacial score (nSPS) is 10.7. The van der Waals surface area contributed by atoms with Gasteiger partial charge in [0.25, 0.3) is 5.91 Å².